The molecule has 1 heteroatoms. The fraction of sp³-hybridized carbons (Fsp3) is 0.500. The monoisotopic (exact) mass is 110 g/mol. The summed E-state index contributed by atoms with van der Waals surface area (Å²) in [6.07, 6.45) is 1.00. The Bertz CT molecular complexity index is 3.61. The molecule has 32 valence electrons. The molecule has 0 aliphatic rings. The van der Waals surface area contributed by atoms with Crippen LogP contribution in [0.5, 0.6) is 0 Å². The zero-order valence-corrected chi connectivity index (χ0v) is 5.10. The number of rotatable bonds is 0. The van der Waals surface area contributed by atoms with E-state index in [4.69, 9.17) is 0 Å². The number of hydrogen-bond donors (Lipinski definition) is 0. The van der Waals surface area contributed by atoms with Crippen LogP contribution in [0.4, 0.5) is 0 Å². The molecule has 0 aromatic heterocycles. The van der Waals surface area contributed by atoms with E-state index in [1.54, 1.807) is 0 Å². The van der Waals surface area contributed by atoms with Crippen molar-refractivity contribution in [3.63, 3.8) is 0 Å². The van der Waals surface area contributed by atoms with E-state index in [9.17, 15) is 0 Å². The predicted molar refractivity (Wildman–Crippen MR) is 22.1 cm³/mol. The molecule has 0 aromatic carbocycles. The summed E-state index contributed by atoms with van der Waals surface area (Å²) in [5, 5.41) is 0. The Morgan fingerprint density at radius 1 is 1.60 bits per heavy atom. The fourth-order valence-electron chi connectivity index (χ4n) is 0. The van der Waals surface area contributed by atoms with Gasteiger partial charge >= 0.3 is 17.4 Å². The first-order chi connectivity index (χ1) is 1.41. The second kappa shape index (κ2) is 24.1. The minimum atomic E-state index is 0. The Morgan fingerprint density at radius 2 is 1.60 bits per heavy atom. The molecule has 0 rings (SSSR count). The minimum Gasteiger partial charge on any atom is -0.358 e. The van der Waals surface area contributed by atoms with Crippen molar-refractivity contribution in [2.75, 3.05) is 0 Å². The topological polar surface area (TPSA) is 0 Å². The molecule has 0 atom stereocenters. The summed E-state index contributed by atoms with van der Waals surface area (Å²) in [6.45, 7) is 5.50. The van der Waals surface area contributed by atoms with Crippen LogP contribution >= 0.6 is 0 Å². The standard InChI is InChI=1S/C3H7.CH3.Cr/c1-3-2;;/h1,3H2,2H3;1H3;/q2*-1;+2. The van der Waals surface area contributed by atoms with Crippen molar-refractivity contribution >= 4 is 0 Å². The van der Waals surface area contributed by atoms with Crippen molar-refractivity contribution in [1.82, 2.24) is 0 Å². The normalized spacial score (nSPS) is 3.60. The van der Waals surface area contributed by atoms with Crippen molar-refractivity contribution in [3.8, 4) is 0 Å². The van der Waals surface area contributed by atoms with Gasteiger partial charge in [-0.05, 0) is 0 Å². The van der Waals surface area contributed by atoms with Crippen LogP contribution in [0.2, 0.25) is 0 Å². The van der Waals surface area contributed by atoms with Crippen LogP contribution in [0.15, 0.2) is 0 Å². The molecule has 0 N–H and O–H groups in total. The molecule has 0 spiro atoms. The second-order valence-electron chi connectivity index (χ2n) is 0.500. The molecule has 0 aromatic rings. The molecular formula is C4H10Cr. The van der Waals surface area contributed by atoms with E-state index in [2.05, 4.69) is 6.92 Å². The minimum absolute atomic E-state index is 0. The van der Waals surface area contributed by atoms with Crippen molar-refractivity contribution in [3.05, 3.63) is 14.4 Å². The van der Waals surface area contributed by atoms with Gasteiger partial charge in [-0.15, -0.1) is 0 Å². The van der Waals surface area contributed by atoms with Crippen molar-refractivity contribution in [2.24, 2.45) is 0 Å². The van der Waals surface area contributed by atoms with Gasteiger partial charge in [-0.2, -0.15) is 6.42 Å². The maximum atomic E-state index is 3.49. The molecular weight excluding hydrogens is 100 g/mol. The van der Waals surface area contributed by atoms with E-state index >= 15 is 0 Å². The third-order valence-electron chi connectivity index (χ3n) is 0. The molecule has 0 heterocycles. The molecule has 0 fully saturated rings. The average molecular weight is 110 g/mol. The van der Waals surface area contributed by atoms with Gasteiger partial charge in [0.25, 0.3) is 0 Å². The summed E-state index contributed by atoms with van der Waals surface area (Å²) < 4.78 is 0. The Balaban J connectivity index is -0.0000000200. The smallest absolute Gasteiger partial charge is 0.358 e. The zero-order chi connectivity index (χ0) is 2.71. The molecule has 0 unspecified atom stereocenters. The Kier molecular flexibility index (Phi) is 85.4. The van der Waals surface area contributed by atoms with Crippen molar-refractivity contribution in [1.29, 1.82) is 0 Å². The Hall–Kier alpha value is 0.532. The van der Waals surface area contributed by atoms with Gasteiger partial charge in [0, 0.05) is 0 Å². The largest absolute Gasteiger partial charge is 2.00 e. The molecule has 0 saturated heterocycles. The van der Waals surface area contributed by atoms with Gasteiger partial charge in [-0.1, -0.05) is 6.92 Å². The van der Waals surface area contributed by atoms with E-state index in [1.807, 2.05) is 6.92 Å². The Morgan fingerprint density at radius 3 is 1.60 bits per heavy atom. The zero-order valence-electron chi connectivity index (χ0n) is 3.82. The van der Waals surface area contributed by atoms with Crippen LogP contribution in [0.3, 0.4) is 0 Å². The van der Waals surface area contributed by atoms with Gasteiger partial charge in [0.1, 0.15) is 0 Å². The molecule has 0 saturated carbocycles. The van der Waals surface area contributed by atoms with Crippen LogP contribution in [0.25, 0.3) is 0 Å². The summed E-state index contributed by atoms with van der Waals surface area (Å²) >= 11 is 0. The van der Waals surface area contributed by atoms with Crippen LogP contribution in [-0.2, 0) is 17.4 Å². The summed E-state index contributed by atoms with van der Waals surface area (Å²) in [7, 11) is 0. The van der Waals surface area contributed by atoms with E-state index in [1.165, 1.54) is 0 Å². The first-order valence-electron chi connectivity index (χ1n) is 1.21. The first kappa shape index (κ1) is 17.7. The van der Waals surface area contributed by atoms with Gasteiger partial charge in [0.05, 0.1) is 0 Å². The van der Waals surface area contributed by atoms with Gasteiger partial charge in [-0.25, -0.2) is 0 Å². The van der Waals surface area contributed by atoms with Gasteiger partial charge in [0.2, 0.25) is 0 Å². The molecule has 5 heavy (non-hydrogen) atoms. The maximum absolute atomic E-state index is 3.49. The van der Waals surface area contributed by atoms with Crippen LogP contribution < -0.4 is 0 Å². The van der Waals surface area contributed by atoms with Gasteiger partial charge in [-0.3, -0.25) is 0 Å². The molecule has 0 amide bonds. The Labute approximate surface area is 45.7 Å². The quantitative estimate of drug-likeness (QED) is 0.416. The second-order valence-corrected chi connectivity index (χ2v) is 0.500. The summed E-state index contributed by atoms with van der Waals surface area (Å²) in [6, 6.07) is 0. The van der Waals surface area contributed by atoms with E-state index in [0.717, 1.165) is 6.42 Å². The SMILES string of the molecule is [CH2-]CC.[CH3-].[Cr+2]. The first-order valence-corrected chi connectivity index (χ1v) is 1.21. The molecule has 0 radical (unpaired) electrons. The number of hydrogen-bond acceptors (Lipinski definition) is 0. The summed E-state index contributed by atoms with van der Waals surface area (Å²) in [5.74, 6) is 0. The van der Waals surface area contributed by atoms with E-state index in [0.29, 0.717) is 0 Å². The molecule has 0 nitrogen and oxygen atoms in total. The third kappa shape index (κ3) is 103. The van der Waals surface area contributed by atoms with E-state index < -0.39 is 0 Å². The van der Waals surface area contributed by atoms with Crippen molar-refractivity contribution < 1.29 is 17.4 Å². The predicted octanol–water partition coefficient (Wildman–Crippen LogP) is 1.68. The maximum Gasteiger partial charge on any atom is 2.00 e. The molecule has 0 aliphatic carbocycles. The average Bonchev–Trinajstić information content (AvgIpc) is 0.918. The molecule has 0 bridgehead atoms. The summed E-state index contributed by atoms with van der Waals surface area (Å²) in [4.78, 5) is 0. The fourth-order valence-corrected chi connectivity index (χ4v) is 0. The van der Waals surface area contributed by atoms with Crippen LogP contribution in [-0.4, -0.2) is 0 Å². The summed E-state index contributed by atoms with van der Waals surface area (Å²) in [5.41, 5.74) is 0. The molecule has 0 aliphatic heterocycles. The van der Waals surface area contributed by atoms with Crippen molar-refractivity contribution in [2.45, 2.75) is 13.3 Å². The van der Waals surface area contributed by atoms with Gasteiger partial charge in [0.15, 0.2) is 0 Å². The van der Waals surface area contributed by atoms with E-state index in [-0.39, 0.29) is 24.8 Å². The third-order valence-corrected chi connectivity index (χ3v) is 0. The van der Waals surface area contributed by atoms with Gasteiger partial charge < -0.3 is 14.4 Å². The van der Waals surface area contributed by atoms with Crippen LogP contribution in [0, 0.1) is 14.4 Å². The van der Waals surface area contributed by atoms with Crippen LogP contribution in [0.1, 0.15) is 13.3 Å².